The number of carbonyl (C=O) groups is 1. The normalized spacial score (nSPS) is 19.9. The van der Waals surface area contributed by atoms with Gasteiger partial charge < -0.3 is 14.7 Å². The zero-order chi connectivity index (χ0) is 13.0. The van der Waals surface area contributed by atoms with Gasteiger partial charge in [-0.05, 0) is 17.7 Å². The van der Waals surface area contributed by atoms with Gasteiger partial charge in [-0.25, -0.2) is 0 Å². The molecule has 1 unspecified atom stereocenters. The lowest BCUT2D eigenvalue weighted by atomic mass is 10.1. The Hall–Kier alpha value is -0.910. The molecule has 1 saturated heterocycles. The fraction of sp³-hybridized carbons (Fsp3) is 0.462. The van der Waals surface area contributed by atoms with Crippen molar-refractivity contribution in [2.45, 2.75) is 12.5 Å². The quantitative estimate of drug-likeness (QED) is 0.912. The summed E-state index contributed by atoms with van der Waals surface area (Å²) in [5.41, 5.74) is 0.987. The first-order valence-electron chi connectivity index (χ1n) is 5.93. The Kier molecular flexibility index (Phi) is 4.74. The molecule has 5 heteroatoms. The van der Waals surface area contributed by atoms with Gasteiger partial charge >= 0.3 is 0 Å². The van der Waals surface area contributed by atoms with Gasteiger partial charge in [-0.1, -0.05) is 28.1 Å². The minimum atomic E-state index is -0.245. The summed E-state index contributed by atoms with van der Waals surface area (Å²) in [6.07, 6.45) is 0.141. The summed E-state index contributed by atoms with van der Waals surface area (Å²) in [6, 6.07) is 7.74. The van der Waals surface area contributed by atoms with Crippen LogP contribution in [-0.4, -0.2) is 48.3 Å². The van der Waals surface area contributed by atoms with Gasteiger partial charge in [0.1, 0.15) is 0 Å². The van der Waals surface area contributed by atoms with E-state index in [0.29, 0.717) is 26.1 Å². The van der Waals surface area contributed by atoms with Crippen molar-refractivity contribution in [3.63, 3.8) is 0 Å². The van der Waals surface area contributed by atoms with Crippen LogP contribution in [0.2, 0.25) is 0 Å². The van der Waals surface area contributed by atoms with Gasteiger partial charge in [0.05, 0.1) is 25.7 Å². The molecule has 98 valence electrons. The molecule has 1 aromatic carbocycles. The van der Waals surface area contributed by atoms with Crippen LogP contribution in [0.15, 0.2) is 28.7 Å². The lowest BCUT2D eigenvalue weighted by molar-refractivity contribution is -0.139. The number of carbonyl (C=O) groups excluding carboxylic acids is 1. The van der Waals surface area contributed by atoms with Gasteiger partial charge in [-0.15, -0.1) is 0 Å². The maximum atomic E-state index is 12.1. The average Bonchev–Trinajstić information content (AvgIpc) is 2.39. The van der Waals surface area contributed by atoms with Crippen molar-refractivity contribution in [3.05, 3.63) is 34.3 Å². The third-order valence-electron chi connectivity index (χ3n) is 2.94. The van der Waals surface area contributed by atoms with Crippen LogP contribution in [0.25, 0.3) is 0 Å². The van der Waals surface area contributed by atoms with Crippen LogP contribution in [0.3, 0.4) is 0 Å². The molecule has 2 rings (SSSR count). The second-order valence-electron chi connectivity index (χ2n) is 4.32. The van der Waals surface area contributed by atoms with E-state index < -0.39 is 0 Å². The summed E-state index contributed by atoms with van der Waals surface area (Å²) in [7, 11) is 0. The number of rotatable bonds is 3. The van der Waals surface area contributed by atoms with Crippen LogP contribution < -0.4 is 0 Å². The van der Waals surface area contributed by atoms with Crippen molar-refractivity contribution in [2.75, 3.05) is 26.3 Å². The first kappa shape index (κ1) is 13.5. The number of amides is 1. The Morgan fingerprint density at radius 1 is 1.56 bits per heavy atom. The van der Waals surface area contributed by atoms with E-state index in [4.69, 9.17) is 9.84 Å². The van der Waals surface area contributed by atoms with E-state index in [1.54, 1.807) is 4.90 Å². The minimum absolute atomic E-state index is 0.0410. The molecular weight excluding hydrogens is 298 g/mol. The molecule has 1 heterocycles. The summed E-state index contributed by atoms with van der Waals surface area (Å²) in [6.45, 7) is 1.53. The fourth-order valence-corrected chi connectivity index (χ4v) is 2.44. The van der Waals surface area contributed by atoms with Crippen LogP contribution in [-0.2, 0) is 16.0 Å². The minimum Gasteiger partial charge on any atom is -0.394 e. The molecule has 1 amide bonds. The summed E-state index contributed by atoms with van der Waals surface area (Å²) in [4.78, 5) is 13.9. The molecule has 0 bridgehead atoms. The Morgan fingerprint density at radius 2 is 2.39 bits per heavy atom. The van der Waals surface area contributed by atoms with E-state index in [9.17, 15) is 4.79 Å². The van der Waals surface area contributed by atoms with Gasteiger partial charge in [-0.3, -0.25) is 4.79 Å². The molecule has 1 fully saturated rings. The highest BCUT2D eigenvalue weighted by molar-refractivity contribution is 9.10. The Balaban J connectivity index is 1.95. The molecule has 1 aromatic rings. The van der Waals surface area contributed by atoms with Crippen LogP contribution in [0, 0.1) is 0 Å². The van der Waals surface area contributed by atoms with Crippen molar-refractivity contribution in [1.82, 2.24) is 4.90 Å². The monoisotopic (exact) mass is 313 g/mol. The smallest absolute Gasteiger partial charge is 0.227 e. The van der Waals surface area contributed by atoms with Crippen LogP contribution in [0.4, 0.5) is 0 Å². The largest absolute Gasteiger partial charge is 0.394 e. The average molecular weight is 314 g/mol. The first-order valence-corrected chi connectivity index (χ1v) is 6.73. The molecule has 0 radical (unpaired) electrons. The van der Waals surface area contributed by atoms with Crippen molar-refractivity contribution in [1.29, 1.82) is 0 Å². The highest BCUT2D eigenvalue weighted by Crippen LogP contribution is 2.14. The maximum absolute atomic E-state index is 12.1. The standard InChI is InChI=1S/C13H16BrNO3/c14-11-3-1-2-10(6-11)7-13(17)15-4-5-18-12(8-15)9-16/h1-3,6,12,16H,4-5,7-9H2. The van der Waals surface area contributed by atoms with Crippen molar-refractivity contribution in [2.24, 2.45) is 0 Å². The molecule has 4 nitrogen and oxygen atoms in total. The number of aliphatic hydroxyl groups is 1. The second-order valence-corrected chi connectivity index (χ2v) is 5.24. The van der Waals surface area contributed by atoms with E-state index in [-0.39, 0.29) is 18.6 Å². The summed E-state index contributed by atoms with van der Waals surface area (Å²) < 4.78 is 6.30. The van der Waals surface area contributed by atoms with E-state index >= 15 is 0 Å². The highest BCUT2D eigenvalue weighted by Gasteiger charge is 2.23. The number of aliphatic hydroxyl groups excluding tert-OH is 1. The van der Waals surface area contributed by atoms with Crippen LogP contribution in [0.1, 0.15) is 5.56 Å². The van der Waals surface area contributed by atoms with Gasteiger partial charge in [-0.2, -0.15) is 0 Å². The molecular formula is C13H16BrNO3. The lowest BCUT2D eigenvalue weighted by Crippen LogP contribution is -2.47. The Morgan fingerprint density at radius 3 is 3.11 bits per heavy atom. The van der Waals surface area contributed by atoms with Crippen molar-refractivity contribution >= 4 is 21.8 Å². The van der Waals surface area contributed by atoms with Crippen molar-refractivity contribution in [3.8, 4) is 0 Å². The van der Waals surface area contributed by atoms with Gasteiger partial charge in [0.25, 0.3) is 0 Å². The molecule has 0 aliphatic carbocycles. The maximum Gasteiger partial charge on any atom is 0.227 e. The highest BCUT2D eigenvalue weighted by atomic mass is 79.9. The summed E-state index contributed by atoms with van der Waals surface area (Å²) in [5, 5.41) is 9.05. The van der Waals surface area contributed by atoms with E-state index in [2.05, 4.69) is 15.9 Å². The van der Waals surface area contributed by atoms with Crippen molar-refractivity contribution < 1.29 is 14.6 Å². The third-order valence-corrected chi connectivity index (χ3v) is 3.43. The summed E-state index contributed by atoms with van der Waals surface area (Å²) >= 11 is 3.39. The number of hydrogen-bond donors (Lipinski definition) is 1. The summed E-state index contributed by atoms with van der Waals surface area (Å²) in [5.74, 6) is 0.0786. The molecule has 1 atom stereocenters. The number of morpholine rings is 1. The predicted molar refractivity (Wildman–Crippen MR) is 71.3 cm³/mol. The van der Waals surface area contributed by atoms with Crippen LogP contribution in [0.5, 0.6) is 0 Å². The van der Waals surface area contributed by atoms with E-state index in [0.717, 1.165) is 10.0 Å². The van der Waals surface area contributed by atoms with E-state index in [1.807, 2.05) is 24.3 Å². The molecule has 0 aromatic heterocycles. The zero-order valence-electron chi connectivity index (χ0n) is 10.0. The number of ether oxygens (including phenoxy) is 1. The number of benzene rings is 1. The topological polar surface area (TPSA) is 49.8 Å². The zero-order valence-corrected chi connectivity index (χ0v) is 11.6. The second kappa shape index (κ2) is 6.31. The molecule has 0 saturated carbocycles. The molecule has 1 aliphatic rings. The molecule has 1 aliphatic heterocycles. The lowest BCUT2D eigenvalue weighted by Gasteiger charge is -2.32. The van der Waals surface area contributed by atoms with Gasteiger partial charge in [0, 0.05) is 17.6 Å². The van der Waals surface area contributed by atoms with Gasteiger partial charge in [0.2, 0.25) is 5.91 Å². The first-order chi connectivity index (χ1) is 8.69. The van der Waals surface area contributed by atoms with E-state index in [1.165, 1.54) is 0 Å². The third kappa shape index (κ3) is 3.54. The predicted octanol–water partition coefficient (Wildman–Crippen LogP) is 1.21. The van der Waals surface area contributed by atoms with Gasteiger partial charge in [0.15, 0.2) is 0 Å². The van der Waals surface area contributed by atoms with Crippen LogP contribution >= 0.6 is 15.9 Å². The Bertz CT molecular complexity index is 424. The molecule has 0 spiro atoms. The molecule has 1 N–H and O–H groups in total. The Labute approximate surface area is 115 Å². The SMILES string of the molecule is O=C(Cc1cccc(Br)c1)N1CCOC(CO)C1. The molecule has 18 heavy (non-hydrogen) atoms. The number of nitrogens with zero attached hydrogens (tertiary/aromatic N) is 1. The number of halogens is 1. The fourth-order valence-electron chi connectivity index (χ4n) is 1.99. The number of hydrogen-bond acceptors (Lipinski definition) is 3.